The topological polar surface area (TPSA) is 70.2 Å². The van der Waals surface area contributed by atoms with Crippen LogP contribution >= 0.6 is 0 Å². The van der Waals surface area contributed by atoms with E-state index in [4.69, 9.17) is 4.74 Å². The summed E-state index contributed by atoms with van der Waals surface area (Å²) in [6.45, 7) is 4.62. The Bertz CT molecular complexity index is 678. The number of aromatic nitrogens is 2. The molecule has 1 aromatic carbocycles. The number of fused-ring (bicyclic) bond motifs is 1. The fourth-order valence-electron chi connectivity index (χ4n) is 2.62. The molecule has 6 heteroatoms. The molecule has 23 heavy (non-hydrogen) atoms. The molecule has 0 aliphatic carbocycles. The molecule has 122 valence electrons. The normalized spacial score (nSPS) is 13.5. The minimum atomic E-state index is -0.0706. The molecule has 1 aliphatic rings. The van der Waals surface area contributed by atoms with Crippen molar-refractivity contribution in [1.82, 2.24) is 20.4 Å². The summed E-state index contributed by atoms with van der Waals surface area (Å²) in [6, 6.07) is 7.89. The van der Waals surface area contributed by atoms with E-state index in [-0.39, 0.29) is 5.91 Å². The van der Waals surface area contributed by atoms with Crippen molar-refractivity contribution in [3.63, 3.8) is 0 Å². The molecule has 0 saturated heterocycles. The van der Waals surface area contributed by atoms with Crippen LogP contribution in [0.25, 0.3) is 0 Å². The Kier molecular flexibility index (Phi) is 4.62. The van der Waals surface area contributed by atoms with Gasteiger partial charge in [-0.2, -0.15) is 5.10 Å². The van der Waals surface area contributed by atoms with Crippen molar-refractivity contribution in [2.24, 2.45) is 0 Å². The smallest absolute Gasteiger partial charge is 0.274 e. The molecular formula is C17H22N4O2. The molecule has 0 spiro atoms. The van der Waals surface area contributed by atoms with E-state index in [1.807, 2.05) is 31.2 Å². The fourth-order valence-corrected chi connectivity index (χ4v) is 2.62. The number of nitrogens with zero attached hydrogens (tertiary/aromatic N) is 2. The van der Waals surface area contributed by atoms with E-state index in [0.717, 1.165) is 30.0 Å². The summed E-state index contributed by atoms with van der Waals surface area (Å²) in [7, 11) is 1.78. The van der Waals surface area contributed by atoms with Gasteiger partial charge in [-0.1, -0.05) is 17.7 Å². The van der Waals surface area contributed by atoms with Crippen LogP contribution in [0.2, 0.25) is 0 Å². The van der Waals surface area contributed by atoms with Crippen LogP contribution in [0.5, 0.6) is 5.75 Å². The Hall–Kier alpha value is -2.34. The van der Waals surface area contributed by atoms with Crippen molar-refractivity contribution in [2.45, 2.75) is 19.9 Å². The van der Waals surface area contributed by atoms with Crippen LogP contribution in [0.4, 0.5) is 0 Å². The van der Waals surface area contributed by atoms with Crippen molar-refractivity contribution in [3.8, 4) is 5.75 Å². The number of amides is 1. The van der Waals surface area contributed by atoms with Gasteiger partial charge in [-0.25, -0.2) is 0 Å². The summed E-state index contributed by atoms with van der Waals surface area (Å²) >= 11 is 0. The SMILES string of the molecule is Cc1ccc(OCCN(C)C(=O)c2n[nH]c3c2CNCC3)cc1. The van der Waals surface area contributed by atoms with Gasteiger partial charge in [0.05, 0.1) is 6.54 Å². The summed E-state index contributed by atoms with van der Waals surface area (Å²) in [5.41, 5.74) is 3.77. The second-order valence-electron chi connectivity index (χ2n) is 5.84. The van der Waals surface area contributed by atoms with Crippen LogP contribution < -0.4 is 10.1 Å². The highest BCUT2D eigenvalue weighted by Gasteiger charge is 2.23. The number of H-pyrrole nitrogens is 1. The summed E-state index contributed by atoms with van der Waals surface area (Å²) < 4.78 is 5.68. The van der Waals surface area contributed by atoms with E-state index in [2.05, 4.69) is 15.5 Å². The van der Waals surface area contributed by atoms with E-state index in [9.17, 15) is 4.79 Å². The second kappa shape index (κ2) is 6.83. The van der Waals surface area contributed by atoms with Gasteiger partial charge in [0.1, 0.15) is 12.4 Å². The highest BCUT2D eigenvalue weighted by Crippen LogP contribution is 2.17. The van der Waals surface area contributed by atoms with Crippen molar-refractivity contribution in [3.05, 3.63) is 46.8 Å². The number of benzene rings is 1. The average Bonchev–Trinajstić information content (AvgIpc) is 3.00. The van der Waals surface area contributed by atoms with Crippen molar-refractivity contribution >= 4 is 5.91 Å². The molecule has 0 radical (unpaired) electrons. The monoisotopic (exact) mass is 314 g/mol. The molecule has 2 heterocycles. The molecule has 3 rings (SSSR count). The maximum absolute atomic E-state index is 12.5. The minimum absolute atomic E-state index is 0.0706. The van der Waals surface area contributed by atoms with Gasteiger partial charge in [0.25, 0.3) is 5.91 Å². The number of likely N-dealkylation sites (N-methyl/N-ethyl adjacent to an activating group) is 1. The average molecular weight is 314 g/mol. The summed E-state index contributed by atoms with van der Waals surface area (Å²) in [6.07, 6.45) is 0.885. The minimum Gasteiger partial charge on any atom is -0.492 e. The molecule has 2 N–H and O–H groups in total. The molecule has 0 bridgehead atoms. The third-order valence-corrected chi connectivity index (χ3v) is 4.07. The van der Waals surface area contributed by atoms with Crippen molar-refractivity contribution in [1.29, 1.82) is 0 Å². The zero-order valence-corrected chi connectivity index (χ0v) is 13.6. The number of carbonyl (C=O) groups excluding carboxylic acids is 1. The molecule has 1 aromatic heterocycles. The molecule has 0 atom stereocenters. The number of hydrogen-bond acceptors (Lipinski definition) is 4. The number of aryl methyl sites for hydroxylation is 1. The lowest BCUT2D eigenvalue weighted by molar-refractivity contribution is 0.0766. The van der Waals surface area contributed by atoms with Gasteiger partial charge >= 0.3 is 0 Å². The first-order valence-corrected chi connectivity index (χ1v) is 7.87. The molecule has 0 unspecified atom stereocenters. The van der Waals surface area contributed by atoms with Crippen molar-refractivity contribution < 1.29 is 9.53 Å². The van der Waals surface area contributed by atoms with Gasteiger partial charge in [-0.05, 0) is 19.1 Å². The van der Waals surface area contributed by atoms with Gasteiger partial charge in [0.15, 0.2) is 5.69 Å². The molecule has 1 aliphatic heterocycles. The summed E-state index contributed by atoms with van der Waals surface area (Å²) in [5.74, 6) is 0.747. The lowest BCUT2D eigenvalue weighted by Gasteiger charge is -2.18. The molecule has 0 saturated carbocycles. The largest absolute Gasteiger partial charge is 0.492 e. The third kappa shape index (κ3) is 3.53. The number of ether oxygens (including phenoxy) is 1. The Morgan fingerprint density at radius 3 is 2.91 bits per heavy atom. The lowest BCUT2D eigenvalue weighted by atomic mass is 10.1. The van der Waals surface area contributed by atoms with E-state index >= 15 is 0 Å². The lowest BCUT2D eigenvalue weighted by Crippen LogP contribution is -2.33. The first kappa shape index (κ1) is 15.6. The van der Waals surface area contributed by atoms with Crippen molar-refractivity contribution in [2.75, 3.05) is 26.7 Å². The highest BCUT2D eigenvalue weighted by atomic mass is 16.5. The van der Waals surface area contributed by atoms with E-state index in [1.165, 1.54) is 5.56 Å². The molecule has 2 aromatic rings. The Morgan fingerprint density at radius 2 is 2.13 bits per heavy atom. The molecule has 1 amide bonds. The van der Waals surface area contributed by atoms with Crippen LogP contribution in [0.15, 0.2) is 24.3 Å². The molecular weight excluding hydrogens is 292 g/mol. The first-order chi connectivity index (χ1) is 11.1. The van der Waals surface area contributed by atoms with E-state index < -0.39 is 0 Å². The quantitative estimate of drug-likeness (QED) is 0.878. The standard InChI is InChI=1S/C17H22N4O2/c1-12-3-5-13(6-4-12)23-10-9-21(2)17(22)16-14-11-18-8-7-15(14)19-20-16/h3-6,18H,7-11H2,1-2H3,(H,19,20). The predicted octanol–water partition coefficient (Wildman–Crippen LogP) is 1.51. The zero-order valence-electron chi connectivity index (χ0n) is 13.6. The fraction of sp³-hybridized carbons (Fsp3) is 0.412. The Labute approximate surface area is 135 Å². The number of rotatable bonds is 5. The molecule has 0 fully saturated rings. The maximum Gasteiger partial charge on any atom is 0.274 e. The highest BCUT2D eigenvalue weighted by molar-refractivity contribution is 5.93. The van der Waals surface area contributed by atoms with E-state index in [1.54, 1.807) is 11.9 Å². The Balaban J connectivity index is 1.55. The number of aromatic amines is 1. The van der Waals surface area contributed by atoms with Gasteiger partial charge < -0.3 is 15.0 Å². The van der Waals surface area contributed by atoms with Crippen LogP contribution in [0, 0.1) is 6.92 Å². The summed E-state index contributed by atoms with van der Waals surface area (Å²) in [4.78, 5) is 14.2. The van der Waals surface area contributed by atoms with Crippen LogP contribution in [-0.2, 0) is 13.0 Å². The molecule has 6 nitrogen and oxygen atoms in total. The van der Waals surface area contributed by atoms with Gasteiger partial charge in [0.2, 0.25) is 0 Å². The number of nitrogens with one attached hydrogen (secondary N) is 2. The van der Waals surface area contributed by atoms with E-state index in [0.29, 0.717) is 25.4 Å². The third-order valence-electron chi connectivity index (χ3n) is 4.07. The first-order valence-electron chi connectivity index (χ1n) is 7.87. The number of hydrogen-bond donors (Lipinski definition) is 2. The second-order valence-corrected chi connectivity index (χ2v) is 5.84. The van der Waals surface area contributed by atoms with Crippen LogP contribution in [-0.4, -0.2) is 47.7 Å². The predicted molar refractivity (Wildman–Crippen MR) is 87.6 cm³/mol. The van der Waals surface area contributed by atoms with Gasteiger partial charge in [-0.3, -0.25) is 9.89 Å². The van der Waals surface area contributed by atoms with Gasteiger partial charge in [-0.15, -0.1) is 0 Å². The summed E-state index contributed by atoms with van der Waals surface area (Å²) in [5, 5.41) is 10.5. The zero-order chi connectivity index (χ0) is 16.2. The Morgan fingerprint density at radius 1 is 1.35 bits per heavy atom. The van der Waals surface area contributed by atoms with Gasteiger partial charge in [0, 0.05) is 37.8 Å². The number of carbonyl (C=O) groups is 1. The maximum atomic E-state index is 12.5. The van der Waals surface area contributed by atoms with Crippen LogP contribution in [0.1, 0.15) is 27.3 Å². The van der Waals surface area contributed by atoms with Crippen LogP contribution in [0.3, 0.4) is 0 Å².